The van der Waals surface area contributed by atoms with Crippen LogP contribution < -0.4 is 5.32 Å². The maximum atomic E-state index is 3.61. The van der Waals surface area contributed by atoms with Crippen molar-refractivity contribution in [3.05, 3.63) is 11.3 Å². The summed E-state index contributed by atoms with van der Waals surface area (Å²) >= 11 is 0. The summed E-state index contributed by atoms with van der Waals surface area (Å²) in [7, 11) is 3.61. The first kappa shape index (κ1) is 9.01. The molecule has 1 heterocycles. The molecule has 0 aromatic carbocycles. The summed E-state index contributed by atoms with van der Waals surface area (Å²) < 4.78 is 0. The van der Waals surface area contributed by atoms with Gasteiger partial charge in [-0.15, -0.1) is 0 Å². The van der Waals surface area contributed by atoms with E-state index in [4.69, 9.17) is 0 Å². The highest BCUT2D eigenvalue weighted by Crippen LogP contribution is 2.25. The smallest absolute Gasteiger partial charge is 0.0647 e. The van der Waals surface area contributed by atoms with E-state index in [1.165, 1.54) is 5.20 Å². The van der Waals surface area contributed by atoms with E-state index in [0.29, 0.717) is 0 Å². The van der Waals surface area contributed by atoms with Gasteiger partial charge in [-0.3, -0.25) is 0 Å². The molecule has 0 unspecified atom stereocenters. The van der Waals surface area contributed by atoms with Gasteiger partial charge in [0.05, 0.1) is 10.2 Å². The molecule has 0 aliphatic carbocycles. The molecular weight excluding hydrogens is 150 g/mol. The van der Waals surface area contributed by atoms with Gasteiger partial charge in [0.15, 0.2) is 0 Å². The molecule has 0 saturated carbocycles. The van der Waals surface area contributed by atoms with Crippen LogP contribution in [-0.4, -0.2) is 21.3 Å². The van der Waals surface area contributed by atoms with Gasteiger partial charge in [-0.2, -0.15) is 0 Å². The van der Waals surface area contributed by atoms with Crippen molar-refractivity contribution in [1.82, 2.24) is 5.32 Å². The zero-order chi connectivity index (χ0) is 8.70. The Kier molecular flexibility index (Phi) is 2.01. The third kappa shape index (κ3) is 2.45. The predicted molar refractivity (Wildman–Crippen MR) is 49.7 cm³/mol. The molecule has 0 atom stereocenters. The van der Waals surface area contributed by atoms with Gasteiger partial charge in [-0.25, -0.2) is 0 Å². The molecule has 1 nitrogen and oxygen atoms in total. The van der Waals surface area contributed by atoms with Gasteiger partial charge in [-0.1, -0.05) is 11.3 Å². The highest BCUT2D eigenvalue weighted by atomic mass is 28.1. The van der Waals surface area contributed by atoms with E-state index >= 15 is 0 Å². The van der Waals surface area contributed by atoms with Crippen molar-refractivity contribution in [2.45, 2.75) is 45.2 Å². The van der Waals surface area contributed by atoms with E-state index in [2.05, 4.69) is 49.3 Å². The standard InChI is InChI=1S/C9H16NSi/c1-8(2)5-7(11)6-9(3,4)10-8/h5,10H,6H2,1-4H3. The highest BCUT2D eigenvalue weighted by molar-refractivity contribution is 6.21. The van der Waals surface area contributed by atoms with Crippen LogP contribution in [0.5, 0.6) is 0 Å². The number of nitrogens with one attached hydrogen (secondary N) is 1. The summed E-state index contributed by atoms with van der Waals surface area (Å²) in [6.45, 7) is 8.83. The lowest BCUT2D eigenvalue weighted by molar-refractivity contribution is 0.288. The summed E-state index contributed by atoms with van der Waals surface area (Å²) in [6, 6.07) is 0. The third-order valence-electron chi connectivity index (χ3n) is 1.83. The molecule has 0 spiro atoms. The molecule has 0 fully saturated rings. The maximum absolute atomic E-state index is 3.61. The fourth-order valence-corrected chi connectivity index (χ4v) is 2.72. The monoisotopic (exact) mass is 166 g/mol. The van der Waals surface area contributed by atoms with Crippen LogP contribution in [0.2, 0.25) is 0 Å². The average Bonchev–Trinajstić information content (AvgIpc) is 1.49. The summed E-state index contributed by atoms with van der Waals surface area (Å²) in [5, 5.41) is 4.86. The van der Waals surface area contributed by atoms with Crippen molar-refractivity contribution in [2.75, 3.05) is 0 Å². The van der Waals surface area contributed by atoms with E-state index in [9.17, 15) is 0 Å². The zero-order valence-electron chi connectivity index (χ0n) is 7.78. The number of hydrogen-bond donors (Lipinski definition) is 1. The van der Waals surface area contributed by atoms with Crippen LogP contribution in [0.3, 0.4) is 0 Å². The fraction of sp³-hybridized carbons (Fsp3) is 0.778. The summed E-state index contributed by atoms with van der Waals surface area (Å²) in [5.74, 6) is 0. The Morgan fingerprint density at radius 2 is 1.91 bits per heavy atom. The Balaban J connectivity index is 2.86. The van der Waals surface area contributed by atoms with E-state index in [-0.39, 0.29) is 11.1 Å². The summed E-state index contributed by atoms with van der Waals surface area (Å²) in [4.78, 5) is 0. The van der Waals surface area contributed by atoms with Crippen molar-refractivity contribution in [1.29, 1.82) is 0 Å². The Hall–Kier alpha value is -0.0831. The first-order chi connectivity index (χ1) is 4.81. The van der Waals surface area contributed by atoms with E-state index in [1.807, 2.05) is 0 Å². The highest BCUT2D eigenvalue weighted by Gasteiger charge is 2.30. The van der Waals surface area contributed by atoms with Gasteiger partial charge in [0.2, 0.25) is 0 Å². The van der Waals surface area contributed by atoms with Crippen molar-refractivity contribution in [3.63, 3.8) is 0 Å². The molecule has 0 aromatic heterocycles. The van der Waals surface area contributed by atoms with Crippen LogP contribution in [-0.2, 0) is 0 Å². The van der Waals surface area contributed by atoms with Crippen molar-refractivity contribution < 1.29 is 0 Å². The minimum absolute atomic E-state index is 0.124. The topological polar surface area (TPSA) is 12.0 Å². The van der Waals surface area contributed by atoms with Crippen LogP contribution >= 0.6 is 0 Å². The van der Waals surface area contributed by atoms with Gasteiger partial charge >= 0.3 is 0 Å². The molecule has 1 N–H and O–H groups in total. The van der Waals surface area contributed by atoms with Gasteiger partial charge in [0.1, 0.15) is 0 Å². The molecular formula is C9H16NSi. The molecule has 3 radical (unpaired) electrons. The second-order valence-corrected chi connectivity index (χ2v) is 5.22. The van der Waals surface area contributed by atoms with Gasteiger partial charge in [0, 0.05) is 11.1 Å². The Bertz CT molecular complexity index is 192. The second-order valence-electron chi connectivity index (χ2n) is 4.58. The third-order valence-corrected chi connectivity index (χ3v) is 2.15. The minimum Gasteiger partial charge on any atom is -0.303 e. The Labute approximate surface area is 72.7 Å². The molecule has 1 aliphatic heterocycles. The molecule has 0 aromatic rings. The largest absolute Gasteiger partial charge is 0.303 e. The lowest BCUT2D eigenvalue weighted by Gasteiger charge is -2.40. The van der Waals surface area contributed by atoms with E-state index < -0.39 is 0 Å². The van der Waals surface area contributed by atoms with Crippen molar-refractivity contribution in [3.8, 4) is 0 Å². The van der Waals surface area contributed by atoms with Crippen LogP contribution in [0.4, 0.5) is 0 Å². The molecule has 1 aliphatic rings. The summed E-state index contributed by atoms with van der Waals surface area (Å²) in [6.07, 6.45) is 3.31. The van der Waals surface area contributed by atoms with Crippen molar-refractivity contribution >= 4 is 10.2 Å². The van der Waals surface area contributed by atoms with Gasteiger partial charge < -0.3 is 5.32 Å². The van der Waals surface area contributed by atoms with Gasteiger partial charge in [0.25, 0.3) is 0 Å². The molecule has 0 bridgehead atoms. The van der Waals surface area contributed by atoms with Crippen LogP contribution in [0.25, 0.3) is 0 Å². The second kappa shape index (κ2) is 2.46. The summed E-state index contributed by atoms with van der Waals surface area (Å²) in [5.41, 5.74) is 0.341. The molecule has 0 saturated heterocycles. The molecule has 1 rings (SSSR count). The maximum Gasteiger partial charge on any atom is 0.0647 e. The molecule has 11 heavy (non-hydrogen) atoms. The molecule has 2 heteroatoms. The fourth-order valence-electron chi connectivity index (χ4n) is 1.92. The average molecular weight is 166 g/mol. The lowest BCUT2D eigenvalue weighted by atomic mass is 9.88. The predicted octanol–water partition coefficient (Wildman–Crippen LogP) is 1.59. The van der Waals surface area contributed by atoms with E-state index in [1.54, 1.807) is 0 Å². The first-order valence-corrected chi connectivity index (χ1v) is 4.53. The van der Waals surface area contributed by atoms with E-state index in [0.717, 1.165) is 6.42 Å². The molecule has 61 valence electrons. The lowest BCUT2D eigenvalue weighted by Crippen LogP contribution is -2.54. The molecule has 0 amide bonds. The van der Waals surface area contributed by atoms with Crippen LogP contribution in [0.1, 0.15) is 34.1 Å². The SMILES string of the molecule is CC1(C)C=C([Si])CC(C)(C)N1. The van der Waals surface area contributed by atoms with Crippen LogP contribution in [0.15, 0.2) is 11.3 Å². The van der Waals surface area contributed by atoms with Gasteiger partial charge in [-0.05, 0) is 34.1 Å². The van der Waals surface area contributed by atoms with Crippen LogP contribution in [0, 0.1) is 0 Å². The number of hydrogen-bond acceptors (Lipinski definition) is 1. The quantitative estimate of drug-likeness (QED) is 0.539. The Morgan fingerprint density at radius 3 is 2.27 bits per heavy atom. The minimum atomic E-state index is 0.124. The first-order valence-electron chi connectivity index (χ1n) is 4.03. The number of rotatable bonds is 0. The zero-order valence-corrected chi connectivity index (χ0v) is 8.78. The normalized spacial score (nSPS) is 27.9. The van der Waals surface area contributed by atoms with Crippen molar-refractivity contribution in [2.24, 2.45) is 0 Å². The Morgan fingerprint density at radius 1 is 1.36 bits per heavy atom.